The van der Waals surface area contributed by atoms with E-state index in [2.05, 4.69) is 5.32 Å². The van der Waals surface area contributed by atoms with E-state index >= 15 is 0 Å². The molecule has 4 rings (SSSR count). The van der Waals surface area contributed by atoms with Crippen LogP contribution in [0.5, 0.6) is 11.5 Å². The molecule has 4 amide bonds. The Morgan fingerprint density at radius 3 is 2.32 bits per heavy atom. The third-order valence-electron chi connectivity index (χ3n) is 5.36. The number of non-ortho nitro benzene ring substituents is 1. The number of nitro groups is 1. The van der Waals surface area contributed by atoms with E-state index in [1.165, 1.54) is 55.7 Å². The van der Waals surface area contributed by atoms with Crippen molar-refractivity contribution in [2.45, 2.75) is 6.61 Å². The Bertz CT molecular complexity index is 1510. The smallest absolute Gasteiger partial charge is 0.335 e. The van der Waals surface area contributed by atoms with E-state index in [9.17, 15) is 24.5 Å². The van der Waals surface area contributed by atoms with Crippen LogP contribution in [0, 0.1) is 10.1 Å². The van der Waals surface area contributed by atoms with E-state index in [-0.39, 0.29) is 50.1 Å². The molecule has 1 aliphatic heterocycles. The summed E-state index contributed by atoms with van der Waals surface area (Å²) < 4.78 is 11.1. The Labute approximate surface area is 230 Å². The molecule has 1 fully saturated rings. The van der Waals surface area contributed by atoms with Crippen LogP contribution in [0.1, 0.15) is 11.1 Å². The number of barbiturate groups is 1. The number of hydrogen-bond donors (Lipinski definition) is 1. The van der Waals surface area contributed by atoms with Gasteiger partial charge in [0.2, 0.25) is 0 Å². The molecule has 1 heterocycles. The molecule has 38 heavy (non-hydrogen) atoms. The number of amides is 4. The number of rotatable bonds is 7. The number of nitrogens with one attached hydrogen (secondary N) is 1. The van der Waals surface area contributed by atoms with Crippen molar-refractivity contribution in [3.63, 3.8) is 0 Å². The number of anilines is 1. The molecule has 0 radical (unpaired) electrons. The monoisotopic (exact) mass is 575 g/mol. The fraction of sp³-hybridized carbons (Fsp3) is 0.0800. The second-order valence-electron chi connectivity index (χ2n) is 7.80. The second kappa shape index (κ2) is 11.1. The van der Waals surface area contributed by atoms with E-state index in [0.717, 1.165) is 4.90 Å². The summed E-state index contributed by atoms with van der Waals surface area (Å²) in [6, 6.07) is 11.9. The molecule has 1 aliphatic rings. The highest BCUT2D eigenvalue weighted by Gasteiger charge is 2.37. The van der Waals surface area contributed by atoms with Gasteiger partial charge < -0.3 is 9.47 Å². The standard InChI is InChI=1S/C25H16Cl3N3O7/c1-37-21-10-14(9-20(28)22(21)38-12-13-2-4-15(5-3-13)31(35)36)8-17-23(32)29-25(34)30(24(17)33)16-6-7-18(26)19(27)11-16/h2-11H,12H2,1H3,(H,29,32,34)/b17-8+. The van der Waals surface area contributed by atoms with Crippen LogP contribution in [0.2, 0.25) is 15.1 Å². The summed E-state index contributed by atoms with van der Waals surface area (Å²) in [5.41, 5.74) is 0.689. The van der Waals surface area contributed by atoms with Crippen molar-refractivity contribution in [2.75, 3.05) is 12.0 Å². The highest BCUT2D eigenvalue weighted by molar-refractivity contribution is 6.43. The van der Waals surface area contributed by atoms with E-state index in [1.54, 1.807) is 12.1 Å². The van der Waals surface area contributed by atoms with Gasteiger partial charge in [-0.05, 0) is 59.7 Å². The first-order chi connectivity index (χ1) is 18.1. The summed E-state index contributed by atoms with van der Waals surface area (Å²) in [5, 5.41) is 13.4. The van der Waals surface area contributed by atoms with Gasteiger partial charge in [-0.25, -0.2) is 9.69 Å². The Morgan fingerprint density at radius 1 is 0.974 bits per heavy atom. The summed E-state index contributed by atoms with van der Waals surface area (Å²) in [4.78, 5) is 49.2. The maximum absolute atomic E-state index is 13.1. The zero-order valence-corrected chi connectivity index (χ0v) is 21.6. The Balaban J connectivity index is 1.61. The fourth-order valence-corrected chi connectivity index (χ4v) is 4.08. The van der Waals surface area contributed by atoms with Crippen molar-refractivity contribution in [1.82, 2.24) is 5.32 Å². The summed E-state index contributed by atoms with van der Waals surface area (Å²) in [5.74, 6) is -1.40. The summed E-state index contributed by atoms with van der Waals surface area (Å²) in [6.45, 7) is 0.0378. The lowest BCUT2D eigenvalue weighted by Gasteiger charge is -2.26. The van der Waals surface area contributed by atoms with Crippen LogP contribution in [0.3, 0.4) is 0 Å². The minimum atomic E-state index is -0.943. The third kappa shape index (κ3) is 5.57. The number of nitrogens with zero attached hydrogens (tertiary/aromatic N) is 2. The largest absolute Gasteiger partial charge is 0.493 e. The topological polar surface area (TPSA) is 128 Å². The van der Waals surface area contributed by atoms with Crippen molar-refractivity contribution in [1.29, 1.82) is 0 Å². The molecule has 194 valence electrons. The average Bonchev–Trinajstić information content (AvgIpc) is 2.87. The zero-order valence-electron chi connectivity index (χ0n) is 19.4. The van der Waals surface area contributed by atoms with Gasteiger partial charge >= 0.3 is 6.03 Å². The first-order valence-electron chi connectivity index (χ1n) is 10.7. The van der Waals surface area contributed by atoms with E-state index in [1.807, 2.05) is 0 Å². The highest BCUT2D eigenvalue weighted by atomic mass is 35.5. The molecule has 0 unspecified atom stereocenters. The lowest BCUT2D eigenvalue weighted by Crippen LogP contribution is -2.54. The number of ether oxygens (including phenoxy) is 2. The SMILES string of the molecule is COc1cc(/C=C2\C(=O)NC(=O)N(c3ccc(Cl)c(Cl)c3)C2=O)cc(Cl)c1OCc1ccc([N+](=O)[O-])cc1. The molecule has 3 aromatic carbocycles. The van der Waals surface area contributed by atoms with Crippen LogP contribution in [0.25, 0.3) is 6.08 Å². The molecule has 0 aliphatic carbocycles. The quantitative estimate of drug-likeness (QED) is 0.163. The Kier molecular flexibility index (Phi) is 7.86. The molecule has 0 saturated carbocycles. The number of halogens is 3. The molecule has 3 aromatic rings. The maximum Gasteiger partial charge on any atom is 0.335 e. The number of methoxy groups -OCH3 is 1. The first-order valence-corrected chi connectivity index (χ1v) is 11.8. The number of carbonyl (C=O) groups excluding carboxylic acids is 3. The second-order valence-corrected chi connectivity index (χ2v) is 9.02. The Morgan fingerprint density at radius 2 is 1.68 bits per heavy atom. The summed E-state index contributed by atoms with van der Waals surface area (Å²) >= 11 is 18.4. The highest BCUT2D eigenvalue weighted by Crippen LogP contribution is 2.38. The lowest BCUT2D eigenvalue weighted by atomic mass is 10.1. The number of urea groups is 1. The van der Waals surface area contributed by atoms with E-state index in [0.29, 0.717) is 11.1 Å². The van der Waals surface area contributed by atoms with Gasteiger partial charge in [0.15, 0.2) is 11.5 Å². The van der Waals surface area contributed by atoms with Crippen molar-refractivity contribution in [2.24, 2.45) is 0 Å². The number of hydrogen-bond acceptors (Lipinski definition) is 7. The average molecular weight is 577 g/mol. The lowest BCUT2D eigenvalue weighted by molar-refractivity contribution is -0.384. The number of imide groups is 2. The van der Waals surface area contributed by atoms with Gasteiger partial charge in [0.25, 0.3) is 17.5 Å². The molecule has 0 atom stereocenters. The maximum atomic E-state index is 13.1. The van der Waals surface area contributed by atoms with Gasteiger partial charge in [-0.15, -0.1) is 0 Å². The molecule has 0 spiro atoms. The van der Waals surface area contributed by atoms with Crippen molar-refractivity contribution in [3.05, 3.63) is 96.5 Å². The normalized spacial score (nSPS) is 14.5. The first kappa shape index (κ1) is 26.9. The van der Waals surface area contributed by atoms with Gasteiger partial charge in [0.05, 0.1) is 32.8 Å². The summed E-state index contributed by atoms with van der Waals surface area (Å²) in [7, 11) is 1.38. The molecule has 0 aromatic heterocycles. The van der Waals surface area contributed by atoms with Gasteiger partial charge in [0.1, 0.15) is 12.2 Å². The van der Waals surface area contributed by atoms with Crippen molar-refractivity contribution >= 4 is 70.1 Å². The molecular weight excluding hydrogens is 561 g/mol. The fourth-order valence-electron chi connectivity index (χ4n) is 3.52. The number of nitro benzene ring substituents is 1. The van der Waals surface area contributed by atoms with Crippen molar-refractivity contribution in [3.8, 4) is 11.5 Å². The van der Waals surface area contributed by atoms with Crippen molar-refractivity contribution < 1.29 is 28.8 Å². The zero-order chi connectivity index (χ0) is 27.6. The molecule has 1 N–H and O–H groups in total. The van der Waals surface area contributed by atoms with Crippen LogP contribution in [0.15, 0.2) is 60.2 Å². The molecule has 0 bridgehead atoms. The van der Waals surface area contributed by atoms with Crippen LogP contribution in [-0.4, -0.2) is 29.9 Å². The molecule has 13 heteroatoms. The Hall–Kier alpha value is -4.12. The van der Waals surface area contributed by atoms with Crippen LogP contribution >= 0.6 is 34.8 Å². The minimum Gasteiger partial charge on any atom is -0.493 e. The number of benzene rings is 3. The van der Waals surface area contributed by atoms with Gasteiger partial charge in [-0.1, -0.05) is 34.8 Å². The van der Waals surface area contributed by atoms with Gasteiger partial charge in [0, 0.05) is 12.1 Å². The minimum absolute atomic E-state index is 0.0378. The van der Waals surface area contributed by atoms with E-state index in [4.69, 9.17) is 44.3 Å². The van der Waals surface area contributed by atoms with E-state index < -0.39 is 22.8 Å². The van der Waals surface area contributed by atoms with Crippen LogP contribution in [-0.2, 0) is 16.2 Å². The molecule has 10 nitrogen and oxygen atoms in total. The predicted octanol–water partition coefficient (Wildman–Crippen LogP) is 5.81. The molecular formula is C25H16Cl3N3O7. The van der Waals surface area contributed by atoms with Crippen LogP contribution in [0.4, 0.5) is 16.2 Å². The van der Waals surface area contributed by atoms with Crippen LogP contribution < -0.4 is 19.7 Å². The predicted molar refractivity (Wildman–Crippen MR) is 141 cm³/mol. The van der Waals surface area contributed by atoms with Gasteiger partial charge in [-0.2, -0.15) is 0 Å². The third-order valence-corrected chi connectivity index (χ3v) is 6.38. The molecule has 1 saturated heterocycles. The van der Waals surface area contributed by atoms with Gasteiger partial charge in [-0.3, -0.25) is 25.0 Å². The summed E-state index contributed by atoms with van der Waals surface area (Å²) in [6.07, 6.45) is 1.25. The number of carbonyl (C=O) groups is 3.